The zero-order valence-corrected chi connectivity index (χ0v) is 7.62. The number of ether oxygens (including phenoxy) is 3. The minimum absolute atomic E-state index is 0.219. The Morgan fingerprint density at radius 3 is 2.79 bits per heavy atom. The molecule has 2 saturated heterocycles. The lowest BCUT2D eigenvalue weighted by molar-refractivity contribution is -0.235. The monoisotopic (exact) mass is 204 g/mol. The summed E-state index contributed by atoms with van der Waals surface area (Å²) in [5.74, 6) is -0.518. The number of carbonyl (C=O) groups excluding carboxylic acids is 1. The van der Waals surface area contributed by atoms with Gasteiger partial charge in [-0.15, -0.1) is 0 Å². The van der Waals surface area contributed by atoms with Crippen molar-refractivity contribution in [2.75, 3.05) is 6.61 Å². The van der Waals surface area contributed by atoms with Gasteiger partial charge >= 0.3 is 5.97 Å². The van der Waals surface area contributed by atoms with E-state index in [2.05, 4.69) is 0 Å². The van der Waals surface area contributed by atoms with E-state index >= 15 is 0 Å². The Hall–Kier alpha value is -0.690. The van der Waals surface area contributed by atoms with Crippen molar-refractivity contribution in [2.45, 2.75) is 37.6 Å². The van der Waals surface area contributed by atoms with E-state index in [9.17, 15) is 15.0 Å². The lowest BCUT2D eigenvalue weighted by Gasteiger charge is -2.34. The van der Waals surface area contributed by atoms with Crippen molar-refractivity contribution < 1.29 is 29.2 Å². The molecule has 0 aromatic heterocycles. The van der Waals surface area contributed by atoms with Gasteiger partial charge in [0.25, 0.3) is 0 Å². The third-order valence-electron chi connectivity index (χ3n) is 2.37. The van der Waals surface area contributed by atoms with E-state index < -0.39 is 36.7 Å². The average Bonchev–Trinajstić information content (AvgIpc) is 2.55. The third kappa shape index (κ3) is 1.50. The van der Waals surface area contributed by atoms with Crippen molar-refractivity contribution in [3.63, 3.8) is 0 Å². The van der Waals surface area contributed by atoms with Gasteiger partial charge < -0.3 is 24.4 Å². The van der Waals surface area contributed by atoms with Gasteiger partial charge in [0, 0.05) is 6.92 Å². The van der Waals surface area contributed by atoms with Crippen LogP contribution in [0.15, 0.2) is 0 Å². The van der Waals surface area contributed by atoms with Gasteiger partial charge in [-0.2, -0.15) is 0 Å². The Balaban J connectivity index is 2.10. The lowest BCUT2D eigenvalue weighted by Crippen LogP contribution is -2.55. The average molecular weight is 204 g/mol. The Bertz CT molecular complexity index is 242. The van der Waals surface area contributed by atoms with Crippen LogP contribution in [0.3, 0.4) is 0 Å². The quantitative estimate of drug-likeness (QED) is 0.500. The third-order valence-corrected chi connectivity index (χ3v) is 2.37. The van der Waals surface area contributed by atoms with Gasteiger partial charge in [0.1, 0.15) is 18.3 Å². The molecule has 6 heteroatoms. The fraction of sp³-hybridized carbons (Fsp3) is 0.875. The minimum Gasteiger partial charge on any atom is -0.457 e. The van der Waals surface area contributed by atoms with Gasteiger partial charge in [0.2, 0.25) is 0 Å². The van der Waals surface area contributed by atoms with Gasteiger partial charge in [-0.25, -0.2) is 0 Å². The largest absolute Gasteiger partial charge is 0.457 e. The summed E-state index contributed by atoms with van der Waals surface area (Å²) in [4.78, 5) is 10.7. The summed E-state index contributed by atoms with van der Waals surface area (Å²) in [5.41, 5.74) is 0. The summed E-state index contributed by atoms with van der Waals surface area (Å²) in [6.07, 6.45) is -4.45. The van der Waals surface area contributed by atoms with E-state index in [-0.39, 0.29) is 6.61 Å². The molecule has 0 unspecified atom stereocenters. The Kier molecular flexibility index (Phi) is 2.44. The van der Waals surface area contributed by atoms with E-state index in [4.69, 9.17) is 14.2 Å². The topological polar surface area (TPSA) is 85.2 Å². The highest BCUT2D eigenvalue weighted by Gasteiger charge is 2.51. The number of esters is 1. The molecule has 0 aromatic carbocycles. The Labute approximate surface area is 80.4 Å². The summed E-state index contributed by atoms with van der Waals surface area (Å²) >= 11 is 0. The Morgan fingerprint density at radius 1 is 1.43 bits per heavy atom. The van der Waals surface area contributed by atoms with Crippen molar-refractivity contribution >= 4 is 5.97 Å². The highest BCUT2D eigenvalue weighted by molar-refractivity contribution is 5.66. The van der Waals surface area contributed by atoms with Crippen molar-refractivity contribution in [3.05, 3.63) is 0 Å². The molecule has 2 rings (SSSR count). The fourth-order valence-electron chi connectivity index (χ4n) is 1.70. The van der Waals surface area contributed by atoms with Crippen LogP contribution in [0.2, 0.25) is 0 Å². The smallest absolute Gasteiger partial charge is 0.303 e. The van der Waals surface area contributed by atoms with Crippen LogP contribution in [-0.2, 0) is 19.0 Å². The van der Waals surface area contributed by atoms with Crippen LogP contribution < -0.4 is 0 Å². The highest BCUT2D eigenvalue weighted by Crippen LogP contribution is 2.29. The van der Waals surface area contributed by atoms with Crippen molar-refractivity contribution in [2.24, 2.45) is 0 Å². The molecule has 2 heterocycles. The Morgan fingerprint density at radius 2 is 2.14 bits per heavy atom. The lowest BCUT2D eigenvalue weighted by atomic mass is 10.0. The van der Waals surface area contributed by atoms with Gasteiger partial charge in [-0.05, 0) is 0 Å². The molecule has 0 amide bonds. The number of aliphatic hydroxyl groups excluding tert-OH is 2. The second-order valence-electron chi connectivity index (χ2n) is 3.43. The normalized spacial score (nSPS) is 46.4. The number of carbonyl (C=O) groups is 1. The molecule has 14 heavy (non-hydrogen) atoms. The number of rotatable bonds is 1. The molecule has 0 saturated carbocycles. The zero-order chi connectivity index (χ0) is 10.3. The van der Waals surface area contributed by atoms with E-state index in [0.29, 0.717) is 0 Å². The molecule has 2 bridgehead atoms. The molecule has 0 aliphatic carbocycles. The van der Waals surface area contributed by atoms with Crippen LogP contribution in [0.25, 0.3) is 0 Å². The van der Waals surface area contributed by atoms with Crippen molar-refractivity contribution in [1.82, 2.24) is 0 Å². The maximum Gasteiger partial charge on any atom is 0.303 e. The van der Waals surface area contributed by atoms with Crippen LogP contribution >= 0.6 is 0 Å². The molecule has 2 aliphatic rings. The number of aliphatic hydroxyl groups is 2. The highest BCUT2D eigenvalue weighted by atomic mass is 16.7. The maximum atomic E-state index is 10.7. The first-order valence-corrected chi connectivity index (χ1v) is 4.40. The van der Waals surface area contributed by atoms with Gasteiger partial charge in [0.05, 0.1) is 6.61 Å². The summed E-state index contributed by atoms with van der Waals surface area (Å²) in [6, 6.07) is 0. The second-order valence-corrected chi connectivity index (χ2v) is 3.43. The van der Waals surface area contributed by atoms with Crippen LogP contribution in [0.4, 0.5) is 0 Å². The zero-order valence-electron chi connectivity index (χ0n) is 7.62. The molecule has 0 radical (unpaired) electrons. The van der Waals surface area contributed by atoms with E-state index in [1.165, 1.54) is 6.92 Å². The van der Waals surface area contributed by atoms with Crippen molar-refractivity contribution in [1.29, 1.82) is 0 Å². The number of hydrogen-bond acceptors (Lipinski definition) is 6. The predicted molar refractivity (Wildman–Crippen MR) is 42.2 cm³/mol. The predicted octanol–water partition coefficient (Wildman–Crippen LogP) is -1.60. The van der Waals surface area contributed by atoms with Crippen LogP contribution in [-0.4, -0.2) is 53.5 Å². The van der Waals surface area contributed by atoms with E-state index in [0.717, 1.165) is 0 Å². The molecule has 80 valence electrons. The number of fused-ring (bicyclic) bond motifs is 2. The maximum absolute atomic E-state index is 10.7. The molecule has 2 N–H and O–H groups in total. The first-order valence-electron chi connectivity index (χ1n) is 4.40. The van der Waals surface area contributed by atoms with Gasteiger partial charge in [-0.1, -0.05) is 0 Å². The van der Waals surface area contributed by atoms with Crippen LogP contribution in [0, 0.1) is 0 Å². The molecule has 2 fully saturated rings. The standard InChI is InChI=1S/C8H12O6/c1-3(9)13-7-4-2-12-8(14-4)6(11)5(7)10/h4-8,10-11H,2H2,1H3/t4-,5-,6-,7+,8-/m1/s1. The molecule has 5 atom stereocenters. The van der Waals surface area contributed by atoms with E-state index in [1.807, 2.05) is 0 Å². The van der Waals surface area contributed by atoms with Crippen molar-refractivity contribution in [3.8, 4) is 0 Å². The first-order chi connectivity index (χ1) is 6.59. The van der Waals surface area contributed by atoms with Crippen LogP contribution in [0.5, 0.6) is 0 Å². The molecule has 0 aromatic rings. The summed E-state index contributed by atoms with van der Waals surface area (Å²) in [6.45, 7) is 1.46. The van der Waals surface area contributed by atoms with Gasteiger partial charge in [0.15, 0.2) is 12.4 Å². The molecule has 6 nitrogen and oxygen atoms in total. The summed E-state index contributed by atoms with van der Waals surface area (Å²) < 4.78 is 15.1. The molecule has 2 aliphatic heterocycles. The summed E-state index contributed by atoms with van der Waals surface area (Å²) in [7, 11) is 0. The summed E-state index contributed by atoms with van der Waals surface area (Å²) in [5, 5.41) is 19.0. The molecular formula is C8H12O6. The van der Waals surface area contributed by atoms with Gasteiger partial charge in [-0.3, -0.25) is 4.79 Å². The second kappa shape index (κ2) is 3.47. The minimum atomic E-state index is -1.17. The van der Waals surface area contributed by atoms with E-state index in [1.54, 1.807) is 0 Å². The number of hydrogen-bond donors (Lipinski definition) is 2. The molecule has 0 spiro atoms. The fourth-order valence-corrected chi connectivity index (χ4v) is 1.70. The first kappa shape index (κ1) is 9.85. The molecular weight excluding hydrogens is 192 g/mol. The SMILES string of the molecule is CC(=O)O[C@@H]1[C@H](O)[C@@H](O)[C@@H]2OC[C@H]1O2. The van der Waals surface area contributed by atoms with Crippen LogP contribution in [0.1, 0.15) is 6.92 Å².